The lowest BCUT2D eigenvalue weighted by atomic mass is 10.1. The van der Waals surface area contributed by atoms with E-state index in [0.717, 1.165) is 0 Å². The zero-order valence-electron chi connectivity index (χ0n) is 15.8. The van der Waals surface area contributed by atoms with E-state index in [1.807, 2.05) is 6.07 Å². The summed E-state index contributed by atoms with van der Waals surface area (Å²) < 4.78 is 15.7. The fourth-order valence-electron chi connectivity index (χ4n) is 3.10. The van der Waals surface area contributed by atoms with Crippen molar-refractivity contribution in [2.45, 2.75) is 6.42 Å². The van der Waals surface area contributed by atoms with E-state index in [1.54, 1.807) is 42.3 Å². The van der Waals surface area contributed by atoms with Gasteiger partial charge in [0.25, 0.3) is 0 Å². The molecular formula is C20H21ClN2O5. The maximum Gasteiger partial charge on any atom is 0.229 e. The standard InChI is InChI=1S/C20H21ClN2O5/c1-26-14-6-4-5-13(8-14)23-11-12(7-19(23)24)20(25)22-16-10-17(27-2)15(21)9-18(16)28-3/h4-6,8-10,12H,7,11H2,1-3H3,(H,22,25)/t12-/m0/s1. The number of anilines is 2. The number of nitrogens with zero attached hydrogens (tertiary/aromatic N) is 1. The van der Waals surface area contributed by atoms with E-state index in [-0.39, 0.29) is 24.8 Å². The van der Waals surface area contributed by atoms with Gasteiger partial charge in [0.05, 0.1) is 38.0 Å². The van der Waals surface area contributed by atoms with Crippen molar-refractivity contribution in [2.75, 3.05) is 38.1 Å². The molecule has 148 valence electrons. The van der Waals surface area contributed by atoms with Gasteiger partial charge in [0.15, 0.2) is 0 Å². The highest BCUT2D eigenvalue weighted by molar-refractivity contribution is 6.32. The van der Waals surface area contributed by atoms with Crippen LogP contribution < -0.4 is 24.4 Å². The Hall–Kier alpha value is -2.93. The van der Waals surface area contributed by atoms with Crippen LogP contribution in [0.5, 0.6) is 17.2 Å². The normalized spacial score (nSPS) is 16.1. The number of halogens is 1. The van der Waals surface area contributed by atoms with Crippen molar-refractivity contribution in [3.05, 3.63) is 41.4 Å². The third-order valence-corrected chi connectivity index (χ3v) is 4.89. The Balaban J connectivity index is 1.76. The van der Waals surface area contributed by atoms with Crippen LogP contribution in [0.1, 0.15) is 6.42 Å². The highest BCUT2D eigenvalue weighted by atomic mass is 35.5. The molecule has 0 bridgehead atoms. The molecule has 1 heterocycles. The fraction of sp³-hybridized carbons (Fsp3) is 0.300. The minimum absolute atomic E-state index is 0.117. The molecule has 8 heteroatoms. The van der Waals surface area contributed by atoms with Crippen LogP contribution in [0.2, 0.25) is 5.02 Å². The largest absolute Gasteiger partial charge is 0.497 e. The number of benzene rings is 2. The molecule has 7 nitrogen and oxygen atoms in total. The van der Waals surface area contributed by atoms with Crippen LogP contribution in [0.4, 0.5) is 11.4 Å². The Kier molecular flexibility index (Phi) is 5.94. The number of rotatable bonds is 6. The van der Waals surface area contributed by atoms with Gasteiger partial charge in [0.2, 0.25) is 11.8 Å². The maximum atomic E-state index is 12.8. The summed E-state index contributed by atoms with van der Waals surface area (Å²) in [7, 11) is 4.54. The van der Waals surface area contributed by atoms with Gasteiger partial charge in [0.1, 0.15) is 17.2 Å². The van der Waals surface area contributed by atoms with Crippen molar-refractivity contribution in [3.8, 4) is 17.2 Å². The third kappa shape index (κ3) is 3.99. The topological polar surface area (TPSA) is 77.1 Å². The van der Waals surface area contributed by atoms with Gasteiger partial charge in [-0.2, -0.15) is 0 Å². The summed E-state index contributed by atoms with van der Waals surface area (Å²) >= 11 is 6.10. The zero-order valence-corrected chi connectivity index (χ0v) is 16.6. The van der Waals surface area contributed by atoms with E-state index in [1.165, 1.54) is 14.2 Å². The average Bonchev–Trinajstić information content (AvgIpc) is 3.10. The first kappa shape index (κ1) is 19.8. The zero-order chi connectivity index (χ0) is 20.3. The maximum absolute atomic E-state index is 12.8. The van der Waals surface area contributed by atoms with Gasteiger partial charge in [-0.25, -0.2) is 0 Å². The van der Waals surface area contributed by atoms with Crippen LogP contribution in [-0.4, -0.2) is 39.7 Å². The Labute approximate surface area is 168 Å². The van der Waals surface area contributed by atoms with Crippen LogP contribution in [-0.2, 0) is 9.59 Å². The van der Waals surface area contributed by atoms with E-state index in [9.17, 15) is 9.59 Å². The molecule has 1 fully saturated rings. The molecule has 2 aromatic carbocycles. The van der Waals surface area contributed by atoms with Crippen molar-refractivity contribution in [3.63, 3.8) is 0 Å². The fourth-order valence-corrected chi connectivity index (χ4v) is 3.33. The number of methoxy groups -OCH3 is 3. The molecule has 2 amide bonds. The second-order valence-electron chi connectivity index (χ2n) is 6.28. The summed E-state index contributed by atoms with van der Waals surface area (Å²) in [6.45, 7) is 0.283. The molecule has 0 aliphatic carbocycles. The molecule has 1 aliphatic rings. The van der Waals surface area contributed by atoms with Gasteiger partial charge in [0, 0.05) is 36.9 Å². The van der Waals surface area contributed by atoms with Crippen molar-refractivity contribution in [2.24, 2.45) is 5.92 Å². The van der Waals surface area contributed by atoms with Gasteiger partial charge >= 0.3 is 0 Å². The highest BCUT2D eigenvalue weighted by Crippen LogP contribution is 2.36. The minimum atomic E-state index is -0.495. The van der Waals surface area contributed by atoms with Crippen molar-refractivity contribution < 1.29 is 23.8 Å². The van der Waals surface area contributed by atoms with E-state index >= 15 is 0 Å². The number of hydrogen-bond donors (Lipinski definition) is 1. The van der Waals surface area contributed by atoms with Crippen LogP contribution in [0, 0.1) is 5.92 Å². The van der Waals surface area contributed by atoms with Gasteiger partial charge in [-0.3, -0.25) is 9.59 Å². The molecule has 0 spiro atoms. The SMILES string of the molecule is COc1cccc(N2C[C@@H](C(=O)Nc3cc(OC)c(Cl)cc3OC)CC2=O)c1. The molecule has 1 aliphatic heterocycles. The average molecular weight is 405 g/mol. The molecule has 0 aromatic heterocycles. The van der Waals surface area contributed by atoms with E-state index in [4.69, 9.17) is 25.8 Å². The Morgan fingerprint density at radius 2 is 1.86 bits per heavy atom. The number of ether oxygens (including phenoxy) is 3. The van der Waals surface area contributed by atoms with Crippen molar-refractivity contribution in [1.82, 2.24) is 0 Å². The van der Waals surface area contributed by atoms with E-state index in [2.05, 4.69) is 5.32 Å². The molecule has 0 saturated carbocycles. The van der Waals surface area contributed by atoms with Crippen LogP contribution in [0.15, 0.2) is 36.4 Å². The molecule has 1 saturated heterocycles. The monoisotopic (exact) mass is 404 g/mol. The van der Waals surface area contributed by atoms with E-state index < -0.39 is 5.92 Å². The third-order valence-electron chi connectivity index (χ3n) is 4.59. The van der Waals surface area contributed by atoms with Crippen molar-refractivity contribution >= 4 is 34.8 Å². The highest BCUT2D eigenvalue weighted by Gasteiger charge is 2.35. The molecule has 28 heavy (non-hydrogen) atoms. The molecular weight excluding hydrogens is 384 g/mol. The summed E-state index contributed by atoms with van der Waals surface area (Å²) in [5.74, 6) is 0.586. The van der Waals surface area contributed by atoms with Gasteiger partial charge < -0.3 is 24.4 Å². The Morgan fingerprint density at radius 1 is 1.11 bits per heavy atom. The predicted octanol–water partition coefficient (Wildman–Crippen LogP) is 3.36. The molecule has 1 N–H and O–H groups in total. The first-order valence-corrected chi connectivity index (χ1v) is 9.01. The summed E-state index contributed by atoms with van der Waals surface area (Å²) in [6.07, 6.45) is 0.121. The first-order valence-electron chi connectivity index (χ1n) is 8.63. The summed E-state index contributed by atoms with van der Waals surface area (Å²) in [5.41, 5.74) is 1.13. The van der Waals surface area contributed by atoms with Gasteiger partial charge in [-0.05, 0) is 12.1 Å². The van der Waals surface area contributed by atoms with Gasteiger partial charge in [-0.1, -0.05) is 17.7 Å². The molecule has 0 unspecified atom stereocenters. The lowest BCUT2D eigenvalue weighted by Gasteiger charge is -2.18. The Morgan fingerprint density at radius 3 is 2.54 bits per heavy atom. The van der Waals surface area contributed by atoms with Gasteiger partial charge in [-0.15, -0.1) is 0 Å². The second-order valence-corrected chi connectivity index (χ2v) is 6.69. The van der Waals surface area contributed by atoms with Crippen LogP contribution >= 0.6 is 11.6 Å². The summed E-state index contributed by atoms with van der Waals surface area (Å²) in [4.78, 5) is 26.8. The molecule has 3 rings (SSSR count). The van der Waals surface area contributed by atoms with Crippen LogP contribution in [0.3, 0.4) is 0 Å². The smallest absolute Gasteiger partial charge is 0.229 e. The predicted molar refractivity (Wildman–Crippen MR) is 107 cm³/mol. The summed E-state index contributed by atoms with van der Waals surface area (Å²) in [6, 6.07) is 10.3. The quantitative estimate of drug-likeness (QED) is 0.798. The number of carbonyl (C=O) groups excluding carboxylic acids is 2. The number of carbonyl (C=O) groups is 2. The number of nitrogens with one attached hydrogen (secondary N) is 1. The Bertz CT molecular complexity index is 902. The lowest BCUT2D eigenvalue weighted by molar-refractivity contribution is -0.122. The van der Waals surface area contributed by atoms with E-state index in [0.29, 0.717) is 33.6 Å². The van der Waals surface area contributed by atoms with Crippen LogP contribution in [0.25, 0.3) is 0 Å². The van der Waals surface area contributed by atoms with Crippen molar-refractivity contribution in [1.29, 1.82) is 0 Å². The molecule has 1 atom stereocenters. The number of amides is 2. The number of hydrogen-bond acceptors (Lipinski definition) is 5. The molecule has 0 radical (unpaired) electrons. The minimum Gasteiger partial charge on any atom is -0.497 e. The second kappa shape index (κ2) is 8.39. The first-order chi connectivity index (χ1) is 13.5. The molecule has 2 aromatic rings. The summed E-state index contributed by atoms with van der Waals surface area (Å²) in [5, 5.41) is 3.19. The lowest BCUT2D eigenvalue weighted by Crippen LogP contribution is -2.28.